The summed E-state index contributed by atoms with van der Waals surface area (Å²) in [6.45, 7) is 7.57. The number of rotatable bonds is 4. The van der Waals surface area contributed by atoms with Crippen molar-refractivity contribution in [1.82, 2.24) is 0 Å². The highest BCUT2D eigenvalue weighted by Crippen LogP contribution is 2.14. The average Bonchev–Trinajstić information content (AvgIpc) is 2.30. The quantitative estimate of drug-likeness (QED) is 0.646. The Balaban J connectivity index is 2.83. The van der Waals surface area contributed by atoms with Gasteiger partial charge in [-0.15, -0.1) is 0 Å². The van der Waals surface area contributed by atoms with Gasteiger partial charge in [0, 0.05) is 18.8 Å². The lowest BCUT2D eigenvalue weighted by Gasteiger charge is -2.22. The minimum absolute atomic E-state index is 0.248. The Bertz CT molecular complexity index is 371. The monoisotopic (exact) mass is 237 g/mol. The molecule has 0 atom stereocenters. The molecule has 0 saturated heterocycles. The van der Waals surface area contributed by atoms with Crippen LogP contribution in [0.4, 0.5) is 10.1 Å². The minimum Gasteiger partial charge on any atom is -0.370 e. The maximum atomic E-state index is 12.8. The maximum Gasteiger partial charge on any atom is 0.195 e. The van der Waals surface area contributed by atoms with Gasteiger partial charge in [-0.05, 0) is 37.1 Å². The molecule has 0 spiro atoms. The Hall–Kier alpha value is -1.58. The third-order valence-corrected chi connectivity index (χ3v) is 2.35. The largest absolute Gasteiger partial charge is 0.370 e. The normalized spacial score (nSPS) is 11.9. The van der Waals surface area contributed by atoms with E-state index in [-0.39, 0.29) is 5.82 Å². The summed E-state index contributed by atoms with van der Waals surface area (Å²) in [6.07, 6.45) is 0. The Morgan fingerprint density at radius 1 is 1.35 bits per heavy atom. The maximum absolute atomic E-state index is 12.8. The molecule has 0 bridgehead atoms. The summed E-state index contributed by atoms with van der Waals surface area (Å²) in [5.74, 6) is 0.704. The molecule has 0 aliphatic carbocycles. The molecule has 17 heavy (non-hydrogen) atoms. The van der Waals surface area contributed by atoms with Crippen LogP contribution in [0.5, 0.6) is 0 Å². The van der Waals surface area contributed by atoms with E-state index < -0.39 is 0 Å². The highest BCUT2D eigenvalue weighted by molar-refractivity contribution is 5.94. The van der Waals surface area contributed by atoms with Gasteiger partial charge in [-0.3, -0.25) is 4.99 Å². The summed E-state index contributed by atoms with van der Waals surface area (Å²) in [5, 5.41) is 0. The number of aliphatic imine (C=N–C) groups is 1. The van der Waals surface area contributed by atoms with Gasteiger partial charge < -0.3 is 10.6 Å². The lowest BCUT2D eigenvalue weighted by molar-refractivity contribution is 0.628. The molecule has 94 valence electrons. The molecular formula is C13H20FN3. The van der Waals surface area contributed by atoms with Crippen LogP contribution < -0.4 is 10.6 Å². The molecule has 0 fully saturated rings. The van der Waals surface area contributed by atoms with Crippen molar-refractivity contribution in [3.63, 3.8) is 0 Å². The standard InChI is InChI=1S/C13H20FN3/c1-4-17(13(15)16-9-10(2)3)12-7-5-11(14)6-8-12/h5-8,10H,4,9H2,1-3H3,(H2,15,16). The molecule has 1 aromatic rings. The van der Waals surface area contributed by atoms with Gasteiger partial charge in [-0.2, -0.15) is 0 Å². The zero-order chi connectivity index (χ0) is 12.8. The van der Waals surface area contributed by atoms with Gasteiger partial charge in [0.1, 0.15) is 5.82 Å². The zero-order valence-corrected chi connectivity index (χ0v) is 10.7. The van der Waals surface area contributed by atoms with Crippen LogP contribution in [0, 0.1) is 11.7 Å². The van der Waals surface area contributed by atoms with Crippen molar-refractivity contribution in [2.45, 2.75) is 20.8 Å². The van der Waals surface area contributed by atoms with E-state index in [2.05, 4.69) is 18.8 Å². The van der Waals surface area contributed by atoms with Crippen LogP contribution in [0.2, 0.25) is 0 Å². The fourth-order valence-corrected chi connectivity index (χ4v) is 1.46. The van der Waals surface area contributed by atoms with Crippen LogP contribution in [0.3, 0.4) is 0 Å². The predicted octanol–water partition coefficient (Wildman–Crippen LogP) is 2.62. The van der Waals surface area contributed by atoms with Gasteiger partial charge in [0.2, 0.25) is 0 Å². The Morgan fingerprint density at radius 3 is 2.41 bits per heavy atom. The van der Waals surface area contributed by atoms with Gasteiger partial charge >= 0.3 is 0 Å². The highest BCUT2D eigenvalue weighted by atomic mass is 19.1. The van der Waals surface area contributed by atoms with Crippen molar-refractivity contribution >= 4 is 11.6 Å². The summed E-state index contributed by atoms with van der Waals surface area (Å²) in [6, 6.07) is 6.26. The van der Waals surface area contributed by atoms with E-state index in [4.69, 9.17) is 5.73 Å². The molecule has 2 N–H and O–H groups in total. The van der Waals surface area contributed by atoms with Crippen LogP contribution >= 0.6 is 0 Å². The molecule has 0 saturated carbocycles. The number of benzene rings is 1. The van der Waals surface area contributed by atoms with Crippen molar-refractivity contribution in [2.24, 2.45) is 16.6 Å². The Morgan fingerprint density at radius 2 is 1.94 bits per heavy atom. The van der Waals surface area contributed by atoms with Gasteiger partial charge in [0.05, 0.1) is 0 Å². The first kappa shape index (κ1) is 13.5. The number of nitrogens with two attached hydrogens (primary N) is 1. The summed E-state index contributed by atoms with van der Waals surface area (Å²) < 4.78 is 12.8. The van der Waals surface area contributed by atoms with Crippen molar-refractivity contribution in [3.8, 4) is 0 Å². The zero-order valence-electron chi connectivity index (χ0n) is 10.7. The minimum atomic E-state index is -0.248. The van der Waals surface area contributed by atoms with E-state index in [1.807, 2.05) is 11.8 Å². The second kappa shape index (κ2) is 6.23. The number of anilines is 1. The fourth-order valence-electron chi connectivity index (χ4n) is 1.46. The lowest BCUT2D eigenvalue weighted by Crippen LogP contribution is -2.37. The molecule has 3 nitrogen and oxygen atoms in total. The summed E-state index contributed by atoms with van der Waals surface area (Å²) in [7, 11) is 0. The molecule has 0 aromatic heterocycles. The number of guanidine groups is 1. The first-order valence-corrected chi connectivity index (χ1v) is 5.87. The molecule has 0 aliphatic heterocycles. The van der Waals surface area contributed by atoms with Crippen molar-refractivity contribution in [2.75, 3.05) is 18.0 Å². The molecule has 4 heteroatoms. The van der Waals surface area contributed by atoms with Crippen molar-refractivity contribution in [1.29, 1.82) is 0 Å². The van der Waals surface area contributed by atoms with Gasteiger partial charge in [-0.1, -0.05) is 13.8 Å². The molecule has 0 unspecified atom stereocenters. The van der Waals surface area contributed by atoms with Crippen LogP contribution in [0.15, 0.2) is 29.3 Å². The van der Waals surface area contributed by atoms with Crippen LogP contribution in [-0.2, 0) is 0 Å². The second-order valence-electron chi connectivity index (χ2n) is 4.31. The Kier molecular flexibility index (Phi) is 4.94. The summed E-state index contributed by atoms with van der Waals surface area (Å²) in [5.41, 5.74) is 6.79. The van der Waals surface area contributed by atoms with E-state index in [1.165, 1.54) is 12.1 Å². The van der Waals surface area contributed by atoms with Gasteiger partial charge in [0.15, 0.2) is 5.96 Å². The molecule has 0 aliphatic rings. The Labute approximate surface area is 102 Å². The first-order valence-electron chi connectivity index (χ1n) is 5.87. The topological polar surface area (TPSA) is 41.6 Å². The molecule has 1 rings (SSSR count). The third-order valence-electron chi connectivity index (χ3n) is 2.35. The van der Waals surface area contributed by atoms with Crippen molar-refractivity contribution < 1.29 is 4.39 Å². The molecule has 0 amide bonds. The summed E-state index contributed by atoms with van der Waals surface area (Å²) in [4.78, 5) is 6.18. The fraction of sp³-hybridized carbons (Fsp3) is 0.462. The molecule has 0 heterocycles. The van der Waals surface area contributed by atoms with E-state index in [9.17, 15) is 4.39 Å². The van der Waals surface area contributed by atoms with Crippen LogP contribution in [0.1, 0.15) is 20.8 Å². The second-order valence-corrected chi connectivity index (χ2v) is 4.31. The average molecular weight is 237 g/mol. The number of halogens is 1. The molecular weight excluding hydrogens is 217 g/mol. The van der Waals surface area contributed by atoms with Crippen LogP contribution in [0.25, 0.3) is 0 Å². The van der Waals surface area contributed by atoms with E-state index in [0.29, 0.717) is 25.0 Å². The SMILES string of the molecule is CCN(C(N)=NCC(C)C)c1ccc(F)cc1. The van der Waals surface area contributed by atoms with Crippen LogP contribution in [-0.4, -0.2) is 19.0 Å². The predicted molar refractivity (Wildman–Crippen MR) is 70.7 cm³/mol. The third kappa shape index (κ3) is 4.06. The van der Waals surface area contributed by atoms with E-state index >= 15 is 0 Å². The number of nitrogens with zero attached hydrogens (tertiary/aromatic N) is 2. The highest BCUT2D eigenvalue weighted by Gasteiger charge is 2.08. The first-order chi connectivity index (χ1) is 8.04. The smallest absolute Gasteiger partial charge is 0.195 e. The molecule has 1 aromatic carbocycles. The van der Waals surface area contributed by atoms with Gasteiger partial charge in [-0.25, -0.2) is 4.39 Å². The van der Waals surface area contributed by atoms with Gasteiger partial charge in [0.25, 0.3) is 0 Å². The van der Waals surface area contributed by atoms with Crippen molar-refractivity contribution in [3.05, 3.63) is 30.1 Å². The van der Waals surface area contributed by atoms with E-state index in [0.717, 1.165) is 5.69 Å². The van der Waals surface area contributed by atoms with E-state index in [1.54, 1.807) is 12.1 Å². The number of hydrogen-bond donors (Lipinski definition) is 1. The summed E-state index contributed by atoms with van der Waals surface area (Å²) >= 11 is 0. The lowest BCUT2D eigenvalue weighted by atomic mass is 10.2. The number of hydrogen-bond acceptors (Lipinski definition) is 1. The molecule has 0 radical (unpaired) electrons.